The monoisotopic (exact) mass is 297 g/mol. The lowest BCUT2D eigenvalue weighted by molar-refractivity contribution is 0.381. The number of aryl methyl sites for hydroxylation is 2. The number of rotatable bonds is 3. The second-order valence-corrected chi connectivity index (χ2v) is 6.49. The fourth-order valence-electron chi connectivity index (χ4n) is 3.70. The summed E-state index contributed by atoms with van der Waals surface area (Å²) in [5.41, 5.74) is 2.62. The SMILES string of the molecule is c1nc2c(c(NCC3CCc4nccn4C3)n1)CCCCC2. The van der Waals surface area contributed by atoms with Gasteiger partial charge in [0, 0.05) is 43.2 Å². The zero-order valence-corrected chi connectivity index (χ0v) is 13.0. The number of hydrogen-bond donors (Lipinski definition) is 1. The fraction of sp³-hybridized carbons (Fsp3) is 0.588. The van der Waals surface area contributed by atoms with Gasteiger partial charge in [-0.2, -0.15) is 0 Å². The highest BCUT2D eigenvalue weighted by Gasteiger charge is 2.20. The average Bonchev–Trinajstić information content (AvgIpc) is 2.88. The largest absolute Gasteiger partial charge is 0.369 e. The third-order valence-electron chi connectivity index (χ3n) is 4.97. The maximum atomic E-state index is 4.51. The van der Waals surface area contributed by atoms with Crippen LogP contribution in [0.3, 0.4) is 0 Å². The predicted octanol–water partition coefficient (Wildman–Crippen LogP) is 2.62. The zero-order chi connectivity index (χ0) is 14.8. The third-order valence-corrected chi connectivity index (χ3v) is 4.97. The number of imidazole rings is 1. The van der Waals surface area contributed by atoms with Gasteiger partial charge >= 0.3 is 0 Å². The number of aromatic nitrogens is 4. The molecule has 4 rings (SSSR count). The van der Waals surface area contributed by atoms with Crippen molar-refractivity contribution in [3.05, 3.63) is 35.8 Å². The molecule has 116 valence electrons. The van der Waals surface area contributed by atoms with Crippen molar-refractivity contribution >= 4 is 5.82 Å². The molecule has 0 radical (unpaired) electrons. The van der Waals surface area contributed by atoms with Crippen molar-refractivity contribution < 1.29 is 0 Å². The van der Waals surface area contributed by atoms with E-state index in [0.717, 1.165) is 38.2 Å². The van der Waals surface area contributed by atoms with Crippen LogP contribution in [0.25, 0.3) is 0 Å². The van der Waals surface area contributed by atoms with Crippen molar-refractivity contribution in [1.29, 1.82) is 0 Å². The Morgan fingerprint density at radius 1 is 1.09 bits per heavy atom. The smallest absolute Gasteiger partial charge is 0.132 e. The average molecular weight is 297 g/mol. The fourth-order valence-corrected chi connectivity index (χ4v) is 3.70. The van der Waals surface area contributed by atoms with Gasteiger partial charge in [0.05, 0.1) is 0 Å². The Morgan fingerprint density at radius 2 is 2.05 bits per heavy atom. The Kier molecular flexibility index (Phi) is 3.79. The molecule has 22 heavy (non-hydrogen) atoms. The molecule has 0 spiro atoms. The number of anilines is 1. The van der Waals surface area contributed by atoms with E-state index < -0.39 is 0 Å². The third kappa shape index (κ3) is 2.72. The van der Waals surface area contributed by atoms with Gasteiger partial charge in [-0.15, -0.1) is 0 Å². The molecule has 1 aliphatic carbocycles. The first-order valence-electron chi connectivity index (χ1n) is 8.47. The van der Waals surface area contributed by atoms with Gasteiger partial charge in [0.25, 0.3) is 0 Å². The first kappa shape index (κ1) is 13.7. The lowest BCUT2D eigenvalue weighted by Crippen LogP contribution is -2.26. The second kappa shape index (κ2) is 6.07. The Morgan fingerprint density at radius 3 is 3.05 bits per heavy atom. The van der Waals surface area contributed by atoms with Crippen molar-refractivity contribution in [1.82, 2.24) is 19.5 Å². The topological polar surface area (TPSA) is 55.6 Å². The minimum Gasteiger partial charge on any atom is -0.369 e. The Hall–Kier alpha value is -1.91. The van der Waals surface area contributed by atoms with Crippen molar-refractivity contribution in [2.45, 2.75) is 51.5 Å². The Balaban J connectivity index is 1.44. The van der Waals surface area contributed by atoms with Crippen LogP contribution >= 0.6 is 0 Å². The maximum absolute atomic E-state index is 4.51. The highest BCUT2D eigenvalue weighted by molar-refractivity contribution is 5.46. The van der Waals surface area contributed by atoms with Crippen LogP contribution < -0.4 is 5.32 Å². The summed E-state index contributed by atoms with van der Waals surface area (Å²) in [5.74, 6) is 2.95. The van der Waals surface area contributed by atoms with Gasteiger partial charge in [-0.1, -0.05) is 6.42 Å². The summed E-state index contributed by atoms with van der Waals surface area (Å²) in [4.78, 5) is 13.4. The van der Waals surface area contributed by atoms with Gasteiger partial charge < -0.3 is 9.88 Å². The van der Waals surface area contributed by atoms with E-state index in [1.54, 1.807) is 6.33 Å². The molecule has 5 nitrogen and oxygen atoms in total. The van der Waals surface area contributed by atoms with Gasteiger partial charge in [0.1, 0.15) is 18.0 Å². The van der Waals surface area contributed by atoms with Gasteiger partial charge in [-0.3, -0.25) is 0 Å². The maximum Gasteiger partial charge on any atom is 0.132 e. The first-order valence-corrected chi connectivity index (χ1v) is 8.47. The molecule has 1 atom stereocenters. The summed E-state index contributed by atoms with van der Waals surface area (Å²) in [7, 11) is 0. The van der Waals surface area contributed by atoms with Gasteiger partial charge in [-0.25, -0.2) is 15.0 Å². The lowest BCUT2D eigenvalue weighted by atomic mass is 9.99. The summed E-state index contributed by atoms with van der Waals surface area (Å²) < 4.78 is 2.29. The molecule has 1 unspecified atom stereocenters. The van der Waals surface area contributed by atoms with Crippen molar-refractivity contribution in [2.75, 3.05) is 11.9 Å². The minimum absolute atomic E-state index is 0.651. The summed E-state index contributed by atoms with van der Waals surface area (Å²) in [6, 6.07) is 0. The molecule has 0 amide bonds. The van der Waals surface area contributed by atoms with Gasteiger partial charge in [0.15, 0.2) is 0 Å². The summed E-state index contributed by atoms with van der Waals surface area (Å²) in [5, 5.41) is 3.61. The highest BCUT2D eigenvalue weighted by Crippen LogP contribution is 2.25. The molecule has 0 bridgehead atoms. The van der Waals surface area contributed by atoms with E-state index in [1.807, 2.05) is 6.20 Å². The van der Waals surface area contributed by atoms with E-state index in [-0.39, 0.29) is 0 Å². The van der Waals surface area contributed by atoms with Crippen LogP contribution in [0.1, 0.15) is 42.8 Å². The minimum atomic E-state index is 0.651. The standard InChI is InChI=1S/C17H23N5/c1-2-4-14-15(5-3-1)20-12-21-17(14)19-10-13-6-7-16-18-8-9-22(16)11-13/h8-9,12-13H,1-7,10-11H2,(H,19,20,21). The molecule has 1 N–H and O–H groups in total. The highest BCUT2D eigenvalue weighted by atomic mass is 15.1. The molecule has 2 aliphatic rings. The van der Waals surface area contributed by atoms with Crippen LogP contribution in [0.4, 0.5) is 5.82 Å². The molecule has 0 saturated carbocycles. The molecule has 0 fully saturated rings. The van der Waals surface area contributed by atoms with E-state index in [2.05, 4.69) is 31.0 Å². The van der Waals surface area contributed by atoms with E-state index in [1.165, 1.54) is 42.8 Å². The van der Waals surface area contributed by atoms with Gasteiger partial charge in [-0.05, 0) is 38.0 Å². The van der Waals surface area contributed by atoms with Crippen molar-refractivity contribution in [2.24, 2.45) is 5.92 Å². The molecular weight excluding hydrogens is 274 g/mol. The van der Waals surface area contributed by atoms with E-state index in [0.29, 0.717) is 5.92 Å². The predicted molar refractivity (Wildman–Crippen MR) is 85.8 cm³/mol. The molecule has 2 aromatic heterocycles. The van der Waals surface area contributed by atoms with Crippen LogP contribution in [0, 0.1) is 5.92 Å². The quantitative estimate of drug-likeness (QED) is 0.885. The molecule has 0 aromatic carbocycles. The summed E-state index contributed by atoms with van der Waals surface area (Å²) in [6.07, 6.45) is 14.1. The molecule has 5 heteroatoms. The van der Waals surface area contributed by atoms with Crippen LogP contribution in [-0.4, -0.2) is 26.1 Å². The number of hydrogen-bond acceptors (Lipinski definition) is 4. The van der Waals surface area contributed by atoms with E-state index in [4.69, 9.17) is 0 Å². The summed E-state index contributed by atoms with van der Waals surface area (Å²) in [6.45, 7) is 2.05. The van der Waals surface area contributed by atoms with E-state index in [9.17, 15) is 0 Å². The summed E-state index contributed by atoms with van der Waals surface area (Å²) >= 11 is 0. The number of fused-ring (bicyclic) bond motifs is 2. The Bertz CT molecular complexity index is 648. The molecule has 3 heterocycles. The lowest BCUT2D eigenvalue weighted by Gasteiger charge is -2.24. The van der Waals surface area contributed by atoms with Crippen LogP contribution in [-0.2, 0) is 25.8 Å². The number of nitrogens with zero attached hydrogens (tertiary/aromatic N) is 4. The number of nitrogens with one attached hydrogen (secondary N) is 1. The van der Waals surface area contributed by atoms with Crippen LogP contribution in [0.5, 0.6) is 0 Å². The van der Waals surface area contributed by atoms with E-state index >= 15 is 0 Å². The first-order chi connectivity index (χ1) is 10.9. The van der Waals surface area contributed by atoms with Gasteiger partial charge in [0.2, 0.25) is 0 Å². The van der Waals surface area contributed by atoms with Crippen molar-refractivity contribution in [3.8, 4) is 0 Å². The molecule has 0 saturated heterocycles. The van der Waals surface area contributed by atoms with Crippen LogP contribution in [0.15, 0.2) is 18.7 Å². The van der Waals surface area contributed by atoms with Crippen LogP contribution in [0.2, 0.25) is 0 Å². The normalized spacial score (nSPS) is 20.8. The molecule has 1 aliphatic heterocycles. The molecular formula is C17H23N5. The molecule has 2 aromatic rings. The Labute approximate surface area is 131 Å². The van der Waals surface area contributed by atoms with Crippen molar-refractivity contribution in [3.63, 3.8) is 0 Å². The zero-order valence-electron chi connectivity index (χ0n) is 13.0. The second-order valence-electron chi connectivity index (χ2n) is 6.49.